The van der Waals surface area contributed by atoms with E-state index >= 15 is 0 Å². The summed E-state index contributed by atoms with van der Waals surface area (Å²) < 4.78 is 0. The van der Waals surface area contributed by atoms with Crippen LogP contribution in [0.1, 0.15) is 39.5 Å². The number of nitrogens with two attached hydrogens (primary N) is 1. The zero-order valence-electron chi connectivity index (χ0n) is 10.4. The Balaban J connectivity index is 2.35. The van der Waals surface area contributed by atoms with Gasteiger partial charge in [-0.25, -0.2) is 0 Å². The van der Waals surface area contributed by atoms with Crippen LogP contribution in [0.15, 0.2) is 0 Å². The normalized spacial score (nSPS) is 23.1. The first-order valence-electron chi connectivity index (χ1n) is 6.25. The smallest absolute Gasteiger partial charge is 0.233 e. The van der Waals surface area contributed by atoms with Crippen LogP contribution in [-0.2, 0) is 4.79 Å². The van der Waals surface area contributed by atoms with Crippen molar-refractivity contribution in [1.82, 2.24) is 5.32 Å². The molecule has 0 aromatic heterocycles. The molecule has 0 aromatic carbocycles. The number of carbonyl (C=O) groups excluding carboxylic acids is 1. The molecule has 1 fully saturated rings. The summed E-state index contributed by atoms with van der Waals surface area (Å²) in [5, 5.41) is 3.24. The molecule has 94 valence electrons. The summed E-state index contributed by atoms with van der Waals surface area (Å²) in [6.07, 6.45) is 4.43. The fourth-order valence-corrected chi connectivity index (χ4v) is 3.23. The molecule has 4 heteroatoms. The average Bonchev–Trinajstić information content (AvgIpc) is 2.28. The van der Waals surface area contributed by atoms with Gasteiger partial charge in [0, 0.05) is 12.6 Å². The van der Waals surface area contributed by atoms with Gasteiger partial charge in [-0.15, -0.1) is 11.8 Å². The maximum Gasteiger partial charge on any atom is 0.233 e. The zero-order chi connectivity index (χ0) is 12.0. The van der Waals surface area contributed by atoms with Gasteiger partial charge in [-0.05, 0) is 30.9 Å². The number of amides is 1. The highest BCUT2D eigenvalue weighted by Crippen LogP contribution is 2.25. The Morgan fingerprint density at radius 1 is 1.50 bits per heavy atom. The molecule has 0 saturated carbocycles. The predicted molar refractivity (Wildman–Crippen MR) is 70.5 cm³/mol. The van der Waals surface area contributed by atoms with Crippen LogP contribution in [0.2, 0.25) is 0 Å². The average molecular weight is 244 g/mol. The first-order chi connectivity index (χ1) is 7.63. The Labute approximate surface area is 103 Å². The molecule has 1 saturated heterocycles. The summed E-state index contributed by atoms with van der Waals surface area (Å²) >= 11 is 1.79. The van der Waals surface area contributed by atoms with Gasteiger partial charge in [-0.3, -0.25) is 4.79 Å². The van der Waals surface area contributed by atoms with Crippen molar-refractivity contribution in [2.24, 2.45) is 11.7 Å². The molecule has 0 aromatic rings. The summed E-state index contributed by atoms with van der Waals surface area (Å²) in [4.78, 5) is 12.0. The zero-order valence-corrected chi connectivity index (χ0v) is 11.2. The second-order valence-electron chi connectivity index (χ2n) is 4.93. The molecule has 3 nitrogen and oxygen atoms in total. The van der Waals surface area contributed by atoms with E-state index in [1.807, 2.05) is 0 Å². The van der Waals surface area contributed by atoms with Crippen LogP contribution < -0.4 is 11.1 Å². The van der Waals surface area contributed by atoms with Crippen LogP contribution in [0.4, 0.5) is 0 Å². The van der Waals surface area contributed by atoms with Crippen LogP contribution in [0.25, 0.3) is 0 Å². The van der Waals surface area contributed by atoms with Gasteiger partial charge in [-0.1, -0.05) is 20.3 Å². The summed E-state index contributed by atoms with van der Waals surface area (Å²) in [5.41, 5.74) is 5.68. The van der Waals surface area contributed by atoms with E-state index in [2.05, 4.69) is 19.2 Å². The van der Waals surface area contributed by atoms with Crippen LogP contribution in [-0.4, -0.2) is 29.5 Å². The minimum atomic E-state index is 0.148. The maximum atomic E-state index is 12.0. The third kappa shape index (κ3) is 4.74. The molecule has 1 amide bonds. The van der Waals surface area contributed by atoms with E-state index in [9.17, 15) is 4.79 Å². The summed E-state index contributed by atoms with van der Waals surface area (Å²) in [6, 6.07) is 0.148. The van der Waals surface area contributed by atoms with E-state index < -0.39 is 0 Å². The van der Waals surface area contributed by atoms with Gasteiger partial charge in [0.05, 0.1) is 5.25 Å². The highest BCUT2D eigenvalue weighted by molar-refractivity contribution is 8.00. The van der Waals surface area contributed by atoms with Gasteiger partial charge < -0.3 is 11.1 Å². The Kier molecular flexibility index (Phi) is 6.21. The van der Waals surface area contributed by atoms with Crippen molar-refractivity contribution in [3.05, 3.63) is 0 Å². The molecular weight excluding hydrogens is 220 g/mol. The van der Waals surface area contributed by atoms with Crippen LogP contribution in [0, 0.1) is 5.92 Å². The second kappa shape index (κ2) is 7.17. The third-order valence-corrected chi connectivity index (χ3v) is 4.24. The summed E-state index contributed by atoms with van der Waals surface area (Å²) in [5.74, 6) is 1.89. The van der Waals surface area contributed by atoms with Crippen LogP contribution in [0.5, 0.6) is 0 Å². The number of nitrogens with one attached hydrogen (secondary N) is 1. The molecule has 1 heterocycles. The summed E-state index contributed by atoms with van der Waals surface area (Å²) in [6.45, 7) is 4.86. The van der Waals surface area contributed by atoms with E-state index in [4.69, 9.17) is 5.73 Å². The molecule has 3 N–H and O–H groups in total. The van der Waals surface area contributed by atoms with Gasteiger partial charge in [-0.2, -0.15) is 0 Å². The van der Waals surface area contributed by atoms with Crippen molar-refractivity contribution in [2.45, 2.75) is 50.8 Å². The van der Waals surface area contributed by atoms with Crippen LogP contribution >= 0.6 is 11.8 Å². The van der Waals surface area contributed by atoms with Crippen molar-refractivity contribution in [3.63, 3.8) is 0 Å². The first kappa shape index (κ1) is 13.8. The van der Waals surface area contributed by atoms with Gasteiger partial charge in [0.1, 0.15) is 0 Å². The lowest BCUT2D eigenvalue weighted by Crippen LogP contribution is -2.45. The topological polar surface area (TPSA) is 55.1 Å². The molecular formula is C12H24N2OS. The molecule has 16 heavy (non-hydrogen) atoms. The Morgan fingerprint density at radius 2 is 2.25 bits per heavy atom. The van der Waals surface area contributed by atoms with Crippen molar-refractivity contribution in [3.8, 4) is 0 Å². The molecule has 2 atom stereocenters. The molecule has 0 spiro atoms. The Hall–Kier alpha value is -0.220. The van der Waals surface area contributed by atoms with Crippen molar-refractivity contribution >= 4 is 17.7 Å². The van der Waals surface area contributed by atoms with E-state index in [0.717, 1.165) is 18.6 Å². The number of thioether (sulfide) groups is 1. The number of hydrogen-bond acceptors (Lipinski definition) is 3. The molecule has 0 aliphatic carbocycles. The van der Waals surface area contributed by atoms with E-state index in [0.29, 0.717) is 12.5 Å². The quantitative estimate of drug-likeness (QED) is 0.775. The second-order valence-corrected chi connectivity index (χ2v) is 6.24. The van der Waals surface area contributed by atoms with Gasteiger partial charge in [0.2, 0.25) is 5.91 Å². The lowest BCUT2D eigenvalue weighted by molar-refractivity contribution is -0.121. The minimum absolute atomic E-state index is 0.148. The maximum absolute atomic E-state index is 12.0. The van der Waals surface area contributed by atoms with Crippen molar-refractivity contribution in [2.75, 3.05) is 12.3 Å². The Morgan fingerprint density at radius 3 is 2.75 bits per heavy atom. The largest absolute Gasteiger partial charge is 0.351 e. The fourth-order valence-electron chi connectivity index (χ4n) is 2.02. The number of carbonyl (C=O) groups is 1. The Bertz CT molecular complexity index is 215. The number of hydrogen-bond donors (Lipinski definition) is 2. The van der Waals surface area contributed by atoms with E-state index in [1.54, 1.807) is 11.8 Å². The van der Waals surface area contributed by atoms with Gasteiger partial charge in [0.25, 0.3) is 0 Å². The minimum Gasteiger partial charge on any atom is -0.351 e. The highest BCUT2D eigenvalue weighted by Gasteiger charge is 2.23. The molecule has 0 radical (unpaired) electrons. The first-order valence-corrected chi connectivity index (χ1v) is 7.30. The van der Waals surface area contributed by atoms with E-state index in [1.165, 1.54) is 12.8 Å². The summed E-state index contributed by atoms with van der Waals surface area (Å²) in [7, 11) is 0. The fraction of sp³-hybridized carbons (Fsp3) is 0.917. The van der Waals surface area contributed by atoms with Gasteiger partial charge in [0.15, 0.2) is 0 Å². The SMILES string of the molecule is CC(C)CC(CN)NC(=O)C1CCCCS1. The molecule has 1 rings (SSSR count). The third-order valence-electron chi connectivity index (χ3n) is 2.86. The number of rotatable bonds is 5. The monoisotopic (exact) mass is 244 g/mol. The van der Waals surface area contributed by atoms with Gasteiger partial charge >= 0.3 is 0 Å². The van der Waals surface area contributed by atoms with Crippen molar-refractivity contribution < 1.29 is 4.79 Å². The standard InChI is InChI=1S/C12H24N2OS/c1-9(2)7-10(8-13)14-12(15)11-5-3-4-6-16-11/h9-11H,3-8,13H2,1-2H3,(H,14,15). The predicted octanol–water partition coefficient (Wildman–Crippen LogP) is 1.76. The van der Waals surface area contributed by atoms with Crippen LogP contribution in [0.3, 0.4) is 0 Å². The van der Waals surface area contributed by atoms with E-state index in [-0.39, 0.29) is 17.2 Å². The molecule has 0 bridgehead atoms. The van der Waals surface area contributed by atoms with Crippen molar-refractivity contribution in [1.29, 1.82) is 0 Å². The molecule has 1 aliphatic rings. The molecule has 2 unspecified atom stereocenters. The highest BCUT2D eigenvalue weighted by atomic mass is 32.2. The molecule has 1 aliphatic heterocycles. The lowest BCUT2D eigenvalue weighted by Gasteiger charge is -2.24. The lowest BCUT2D eigenvalue weighted by atomic mass is 10.0.